The summed E-state index contributed by atoms with van der Waals surface area (Å²) in [7, 11) is 0. The van der Waals surface area contributed by atoms with Gasteiger partial charge in [0.15, 0.2) is 5.96 Å². The highest BCUT2D eigenvalue weighted by atomic mass is 15.2. The van der Waals surface area contributed by atoms with Gasteiger partial charge in [-0.3, -0.25) is 4.98 Å². The van der Waals surface area contributed by atoms with E-state index in [9.17, 15) is 0 Å². The molecule has 0 radical (unpaired) electrons. The largest absolute Gasteiger partial charge is 0.357 e. The molecular weight excluding hydrogens is 312 g/mol. The lowest BCUT2D eigenvalue weighted by Crippen LogP contribution is -2.38. The van der Waals surface area contributed by atoms with Gasteiger partial charge < -0.3 is 15.0 Å². The molecule has 0 aliphatic carbocycles. The van der Waals surface area contributed by atoms with Crippen molar-refractivity contribution < 1.29 is 0 Å². The van der Waals surface area contributed by atoms with Crippen LogP contribution in [0.5, 0.6) is 0 Å². The van der Waals surface area contributed by atoms with Crippen molar-refractivity contribution >= 4 is 11.6 Å². The summed E-state index contributed by atoms with van der Waals surface area (Å²) in [6, 6.07) is 9.99. The maximum Gasteiger partial charge on any atom is 0.191 e. The Labute approximate surface area is 148 Å². The van der Waals surface area contributed by atoms with Crippen molar-refractivity contribution in [2.75, 3.05) is 13.1 Å². The lowest BCUT2D eigenvalue weighted by molar-refractivity contribution is 0.789. The summed E-state index contributed by atoms with van der Waals surface area (Å²) in [4.78, 5) is 13.6. The van der Waals surface area contributed by atoms with E-state index >= 15 is 0 Å². The van der Waals surface area contributed by atoms with E-state index in [1.165, 1.54) is 5.56 Å². The van der Waals surface area contributed by atoms with Crippen molar-refractivity contribution in [2.45, 2.75) is 26.8 Å². The number of hydrogen-bond acceptors (Lipinski definition) is 3. The Morgan fingerprint density at radius 3 is 2.84 bits per heavy atom. The van der Waals surface area contributed by atoms with E-state index < -0.39 is 0 Å². The van der Waals surface area contributed by atoms with Crippen LogP contribution in [0.2, 0.25) is 0 Å². The van der Waals surface area contributed by atoms with Crippen LogP contribution in [0.3, 0.4) is 0 Å². The number of aromatic nitrogens is 3. The highest BCUT2D eigenvalue weighted by molar-refractivity contribution is 5.79. The first-order valence-corrected chi connectivity index (χ1v) is 8.61. The van der Waals surface area contributed by atoms with Gasteiger partial charge in [0, 0.05) is 38.1 Å². The fourth-order valence-electron chi connectivity index (χ4n) is 2.63. The van der Waals surface area contributed by atoms with Crippen LogP contribution in [0.25, 0.3) is 5.65 Å². The Morgan fingerprint density at radius 1 is 1.16 bits per heavy atom. The van der Waals surface area contributed by atoms with Crippen molar-refractivity contribution in [3.8, 4) is 0 Å². The number of aliphatic imine (C=N–C) groups is 1. The summed E-state index contributed by atoms with van der Waals surface area (Å²) in [5.74, 6) is 0.799. The molecule has 0 atom stereocenters. The van der Waals surface area contributed by atoms with Crippen LogP contribution < -0.4 is 10.6 Å². The Balaban J connectivity index is 1.58. The number of pyridine rings is 2. The molecule has 0 spiro atoms. The Morgan fingerprint density at radius 2 is 2.08 bits per heavy atom. The monoisotopic (exact) mass is 336 g/mol. The second-order valence-electron chi connectivity index (χ2n) is 5.85. The number of nitrogens with zero attached hydrogens (tertiary/aromatic N) is 4. The first-order chi connectivity index (χ1) is 12.3. The summed E-state index contributed by atoms with van der Waals surface area (Å²) in [6.07, 6.45) is 6.75. The fraction of sp³-hybridized carbons (Fsp3) is 0.316. The minimum Gasteiger partial charge on any atom is -0.357 e. The molecule has 3 rings (SSSR count). The van der Waals surface area contributed by atoms with Gasteiger partial charge in [0.2, 0.25) is 0 Å². The number of guanidine groups is 1. The van der Waals surface area contributed by atoms with Crippen LogP contribution in [0.15, 0.2) is 53.9 Å². The topological polar surface area (TPSA) is 66.6 Å². The second-order valence-corrected chi connectivity index (χ2v) is 5.85. The average molecular weight is 336 g/mol. The van der Waals surface area contributed by atoms with Gasteiger partial charge in [-0.15, -0.1) is 0 Å². The predicted molar refractivity (Wildman–Crippen MR) is 101 cm³/mol. The smallest absolute Gasteiger partial charge is 0.191 e. The van der Waals surface area contributed by atoms with Crippen LogP contribution >= 0.6 is 0 Å². The van der Waals surface area contributed by atoms with Gasteiger partial charge >= 0.3 is 0 Å². The van der Waals surface area contributed by atoms with E-state index in [0.717, 1.165) is 42.5 Å². The third-order valence-electron chi connectivity index (χ3n) is 3.87. The van der Waals surface area contributed by atoms with Crippen LogP contribution in [0, 0.1) is 6.92 Å². The van der Waals surface area contributed by atoms with Gasteiger partial charge in [-0.05, 0) is 37.6 Å². The minimum atomic E-state index is 0.559. The molecule has 0 amide bonds. The Kier molecular flexibility index (Phi) is 5.61. The molecule has 130 valence electrons. The first-order valence-electron chi connectivity index (χ1n) is 8.61. The van der Waals surface area contributed by atoms with Crippen LogP contribution in [0.1, 0.15) is 23.9 Å². The highest BCUT2D eigenvalue weighted by Crippen LogP contribution is 2.09. The third kappa shape index (κ3) is 4.56. The molecular formula is C19H24N6. The summed E-state index contributed by atoms with van der Waals surface area (Å²) < 4.78 is 2.07. The van der Waals surface area contributed by atoms with E-state index in [2.05, 4.69) is 51.1 Å². The van der Waals surface area contributed by atoms with Crippen LogP contribution in [-0.2, 0) is 13.0 Å². The summed E-state index contributed by atoms with van der Waals surface area (Å²) in [6.45, 7) is 6.29. The molecule has 3 aromatic rings. The number of rotatable bonds is 6. The van der Waals surface area contributed by atoms with E-state index in [0.29, 0.717) is 6.54 Å². The molecule has 2 N–H and O–H groups in total. The molecule has 0 aromatic carbocycles. The van der Waals surface area contributed by atoms with Gasteiger partial charge in [-0.2, -0.15) is 0 Å². The first kappa shape index (κ1) is 17.0. The molecule has 0 saturated heterocycles. The quantitative estimate of drug-likeness (QED) is 0.536. The highest BCUT2D eigenvalue weighted by Gasteiger charge is 2.04. The van der Waals surface area contributed by atoms with E-state index in [4.69, 9.17) is 4.98 Å². The Bertz CT molecular complexity index is 838. The minimum absolute atomic E-state index is 0.559. The van der Waals surface area contributed by atoms with E-state index in [1.807, 2.05) is 30.5 Å². The number of nitrogens with one attached hydrogen (secondary N) is 2. The maximum atomic E-state index is 4.70. The standard InChI is InChI=1S/C19H24N6/c1-3-20-19(23-13-16-8-4-5-10-21-16)22-11-9-17-14-25-12-6-7-15(2)18(25)24-17/h4-8,10,12,14H,3,9,11,13H2,1-2H3,(H2,20,22,23). The Hall–Kier alpha value is -2.89. The third-order valence-corrected chi connectivity index (χ3v) is 3.87. The van der Waals surface area contributed by atoms with E-state index in [-0.39, 0.29) is 0 Å². The molecule has 0 saturated carbocycles. The lowest BCUT2D eigenvalue weighted by Gasteiger charge is -2.10. The molecule has 0 aliphatic rings. The molecule has 3 aromatic heterocycles. The number of hydrogen-bond donors (Lipinski definition) is 2. The number of fused-ring (bicyclic) bond motifs is 1. The summed E-state index contributed by atoms with van der Waals surface area (Å²) in [5.41, 5.74) is 4.23. The van der Waals surface area contributed by atoms with Crippen LogP contribution in [-0.4, -0.2) is 33.4 Å². The van der Waals surface area contributed by atoms with Crippen molar-refractivity contribution in [1.29, 1.82) is 0 Å². The zero-order chi connectivity index (χ0) is 17.5. The summed E-state index contributed by atoms with van der Waals surface area (Å²) in [5, 5.41) is 6.62. The zero-order valence-corrected chi connectivity index (χ0v) is 14.7. The van der Waals surface area contributed by atoms with Crippen molar-refractivity contribution in [2.24, 2.45) is 4.99 Å². The molecule has 0 unspecified atom stereocenters. The van der Waals surface area contributed by atoms with Crippen molar-refractivity contribution in [3.63, 3.8) is 0 Å². The normalized spacial score (nSPS) is 11.7. The molecule has 0 aliphatic heterocycles. The molecule has 6 nitrogen and oxygen atoms in total. The SMILES string of the molecule is CCNC(=NCc1ccccn1)NCCc1cn2cccc(C)c2n1. The lowest BCUT2D eigenvalue weighted by atomic mass is 10.3. The van der Waals surface area contributed by atoms with E-state index in [1.54, 1.807) is 6.20 Å². The second kappa shape index (κ2) is 8.28. The van der Waals surface area contributed by atoms with Gasteiger partial charge in [0.05, 0.1) is 17.9 Å². The van der Waals surface area contributed by atoms with Crippen LogP contribution in [0.4, 0.5) is 0 Å². The number of aryl methyl sites for hydroxylation is 1. The number of imidazole rings is 1. The zero-order valence-electron chi connectivity index (χ0n) is 14.7. The molecule has 6 heteroatoms. The van der Waals surface area contributed by atoms with Gasteiger partial charge in [0.25, 0.3) is 0 Å². The molecule has 0 bridgehead atoms. The average Bonchev–Trinajstić information content (AvgIpc) is 3.05. The van der Waals surface area contributed by atoms with Crippen molar-refractivity contribution in [1.82, 2.24) is 25.0 Å². The maximum absolute atomic E-state index is 4.70. The molecule has 3 heterocycles. The molecule has 0 fully saturated rings. The summed E-state index contributed by atoms with van der Waals surface area (Å²) >= 11 is 0. The van der Waals surface area contributed by atoms with Crippen molar-refractivity contribution in [3.05, 3.63) is 65.9 Å². The predicted octanol–water partition coefficient (Wildman–Crippen LogP) is 2.34. The fourth-order valence-corrected chi connectivity index (χ4v) is 2.63. The van der Waals surface area contributed by atoms with Gasteiger partial charge in [-0.25, -0.2) is 9.98 Å². The van der Waals surface area contributed by atoms with Gasteiger partial charge in [0.1, 0.15) is 5.65 Å². The van der Waals surface area contributed by atoms with Gasteiger partial charge in [-0.1, -0.05) is 12.1 Å². The molecule has 25 heavy (non-hydrogen) atoms.